The van der Waals surface area contributed by atoms with Crippen LogP contribution in [0.15, 0.2) is 73.1 Å². The standard InChI is InChI=1S/C40H48N8O4/c1-39(2,3)51-37(49)47-33(17-19-45(47)7)35-41-23-31(43-35)26-11-9-25(10-12-26)27-13-14-29-22-30(16-15-28(29)21-27)32-24-42-36(44-32)34-18-20-46(8)48(34)38(50)52-40(4,5)6/h9-16,21-24,33-34H,17-20H2,1-8H3,(H,41,43)(H,42,44). The summed E-state index contributed by atoms with van der Waals surface area (Å²) in [5.74, 6) is 1.48. The second-order valence-corrected chi connectivity index (χ2v) is 15.7. The van der Waals surface area contributed by atoms with Gasteiger partial charge in [0.15, 0.2) is 0 Å². The Balaban J connectivity index is 1.05. The first kappa shape index (κ1) is 35.2. The van der Waals surface area contributed by atoms with Gasteiger partial charge in [0.2, 0.25) is 0 Å². The van der Waals surface area contributed by atoms with Gasteiger partial charge in [-0.15, -0.1) is 0 Å². The molecule has 5 aromatic rings. The van der Waals surface area contributed by atoms with Crippen LogP contribution in [-0.2, 0) is 9.47 Å². The number of rotatable bonds is 5. The normalized spacial score (nSPS) is 18.8. The summed E-state index contributed by atoms with van der Waals surface area (Å²) < 4.78 is 11.3. The van der Waals surface area contributed by atoms with Crippen molar-refractivity contribution < 1.29 is 19.1 Å². The molecule has 2 amide bonds. The van der Waals surface area contributed by atoms with Crippen LogP contribution in [0.25, 0.3) is 44.4 Å². The largest absolute Gasteiger partial charge is 0.443 e. The first-order valence-electron chi connectivity index (χ1n) is 17.8. The van der Waals surface area contributed by atoms with Gasteiger partial charge in [-0.05, 0) is 94.0 Å². The number of aromatic nitrogens is 4. The Morgan fingerprint density at radius 2 is 1.02 bits per heavy atom. The number of ether oxygens (including phenoxy) is 2. The van der Waals surface area contributed by atoms with Gasteiger partial charge in [-0.2, -0.15) is 0 Å². The fraction of sp³-hybridized carbons (Fsp3) is 0.400. The number of carbonyl (C=O) groups excluding carboxylic acids is 2. The molecule has 272 valence electrons. The molecule has 0 aliphatic carbocycles. The lowest BCUT2D eigenvalue weighted by Crippen LogP contribution is -2.43. The molecule has 2 N–H and O–H groups in total. The quantitative estimate of drug-likeness (QED) is 0.187. The van der Waals surface area contributed by atoms with Gasteiger partial charge >= 0.3 is 12.2 Å². The number of hydrazine groups is 2. The van der Waals surface area contributed by atoms with Crippen LogP contribution in [0.4, 0.5) is 9.59 Å². The predicted molar refractivity (Wildman–Crippen MR) is 201 cm³/mol. The number of carbonyl (C=O) groups is 2. The van der Waals surface area contributed by atoms with Gasteiger partial charge in [0.1, 0.15) is 34.9 Å². The van der Waals surface area contributed by atoms with E-state index in [0.717, 1.165) is 82.0 Å². The van der Waals surface area contributed by atoms with E-state index in [9.17, 15) is 9.59 Å². The summed E-state index contributed by atoms with van der Waals surface area (Å²) >= 11 is 0. The van der Waals surface area contributed by atoms with Crippen LogP contribution in [-0.4, -0.2) is 90.5 Å². The van der Waals surface area contributed by atoms with Crippen molar-refractivity contribution >= 4 is 23.0 Å². The Labute approximate surface area is 304 Å². The number of nitrogens with zero attached hydrogens (tertiary/aromatic N) is 6. The van der Waals surface area contributed by atoms with E-state index in [-0.39, 0.29) is 24.3 Å². The number of aromatic amines is 2. The van der Waals surface area contributed by atoms with Crippen LogP contribution in [0.1, 0.15) is 78.1 Å². The minimum absolute atomic E-state index is 0.217. The number of hydrogen-bond acceptors (Lipinski definition) is 8. The van der Waals surface area contributed by atoms with E-state index in [1.54, 1.807) is 10.0 Å². The summed E-state index contributed by atoms with van der Waals surface area (Å²) in [7, 11) is 3.79. The van der Waals surface area contributed by atoms with Crippen molar-refractivity contribution in [1.29, 1.82) is 0 Å². The van der Waals surface area contributed by atoms with Crippen molar-refractivity contribution in [2.75, 3.05) is 27.2 Å². The highest BCUT2D eigenvalue weighted by molar-refractivity contribution is 5.90. The van der Waals surface area contributed by atoms with Crippen LogP contribution >= 0.6 is 0 Å². The summed E-state index contributed by atoms with van der Waals surface area (Å²) in [4.78, 5) is 42.3. The summed E-state index contributed by atoms with van der Waals surface area (Å²) in [6, 6.07) is 20.9. The Morgan fingerprint density at radius 3 is 1.50 bits per heavy atom. The van der Waals surface area contributed by atoms with Gasteiger partial charge in [0, 0.05) is 32.7 Å². The van der Waals surface area contributed by atoms with Crippen molar-refractivity contribution in [3.63, 3.8) is 0 Å². The molecule has 4 heterocycles. The van der Waals surface area contributed by atoms with Crippen LogP contribution in [0.5, 0.6) is 0 Å². The highest BCUT2D eigenvalue weighted by Crippen LogP contribution is 2.35. The zero-order valence-corrected chi connectivity index (χ0v) is 31.2. The summed E-state index contributed by atoms with van der Waals surface area (Å²) in [5, 5.41) is 9.36. The second-order valence-electron chi connectivity index (χ2n) is 15.7. The molecule has 12 heteroatoms. The fourth-order valence-corrected chi connectivity index (χ4v) is 6.95. The van der Waals surface area contributed by atoms with E-state index in [4.69, 9.17) is 9.47 Å². The number of nitrogens with one attached hydrogen (secondary N) is 2. The number of hydrogen-bond donors (Lipinski definition) is 2. The topological polar surface area (TPSA) is 123 Å². The SMILES string of the molecule is CN1CCC(c2ncc(-c3ccc(-c4ccc5cc(-c6cnc(C7CCN(C)N7C(=O)OC(C)(C)C)[nH]6)ccc5c4)cc3)[nH]2)N1C(=O)OC(C)(C)C. The third kappa shape index (κ3) is 7.26. The lowest BCUT2D eigenvalue weighted by molar-refractivity contribution is -0.0325. The first-order chi connectivity index (χ1) is 24.6. The smallest absolute Gasteiger partial charge is 0.425 e. The number of fused-ring (bicyclic) bond motifs is 1. The second kappa shape index (κ2) is 13.4. The Hall–Kier alpha value is -5.20. The molecule has 2 fully saturated rings. The van der Waals surface area contributed by atoms with Gasteiger partial charge in [-0.25, -0.2) is 39.6 Å². The molecule has 3 aromatic carbocycles. The molecule has 52 heavy (non-hydrogen) atoms. The summed E-state index contributed by atoms with van der Waals surface area (Å²) in [6.07, 6.45) is 4.45. The molecule has 0 radical (unpaired) electrons. The van der Waals surface area contributed by atoms with Crippen LogP contribution in [0, 0.1) is 0 Å². The molecule has 2 aliphatic rings. The lowest BCUT2D eigenvalue weighted by atomic mass is 9.98. The number of benzene rings is 3. The third-order valence-corrected chi connectivity index (χ3v) is 9.44. The monoisotopic (exact) mass is 704 g/mol. The van der Waals surface area contributed by atoms with Crippen LogP contribution < -0.4 is 0 Å². The Bertz CT molecular complexity index is 2090. The van der Waals surface area contributed by atoms with Gasteiger partial charge in [-0.3, -0.25) is 0 Å². The van der Waals surface area contributed by atoms with Gasteiger partial charge in [0.25, 0.3) is 0 Å². The fourth-order valence-electron chi connectivity index (χ4n) is 6.95. The molecule has 0 saturated carbocycles. The Kier molecular flexibility index (Phi) is 9.08. The number of H-pyrrole nitrogens is 2. The molecular weight excluding hydrogens is 656 g/mol. The van der Waals surface area contributed by atoms with Crippen LogP contribution in [0.3, 0.4) is 0 Å². The van der Waals surface area contributed by atoms with Gasteiger partial charge in [0.05, 0.1) is 23.8 Å². The van der Waals surface area contributed by atoms with Crippen molar-refractivity contribution in [3.05, 3.63) is 84.7 Å². The van der Waals surface area contributed by atoms with E-state index < -0.39 is 11.2 Å². The van der Waals surface area contributed by atoms with Gasteiger partial charge in [-0.1, -0.05) is 48.5 Å². The van der Waals surface area contributed by atoms with Crippen molar-refractivity contribution in [2.24, 2.45) is 0 Å². The summed E-state index contributed by atoms with van der Waals surface area (Å²) in [5.41, 5.74) is 4.90. The zero-order chi connectivity index (χ0) is 36.9. The van der Waals surface area contributed by atoms with Crippen molar-refractivity contribution in [1.82, 2.24) is 40.0 Å². The van der Waals surface area contributed by atoms with E-state index in [2.05, 4.69) is 80.6 Å². The first-order valence-corrected chi connectivity index (χ1v) is 17.8. The molecule has 2 atom stereocenters. The maximum atomic E-state index is 13.0. The predicted octanol–water partition coefficient (Wildman–Crippen LogP) is 8.34. The molecule has 2 aromatic heterocycles. The molecule has 0 spiro atoms. The van der Waals surface area contributed by atoms with Crippen molar-refractivity contribution in [2.45, 2.75) is 77.7 Å². The van der Waals surface area contributed by atoms with E-state index in [1.165, 1.54) is 0 Å². The maximum absolute atomic E-state index is 13.0. The third-order valence-electron chi connectivity index (χ3n) is 9.44. The molecule has 0 bridgehead atoms. The highest BCUT2D eigenvalue weighted by Gasteiger charge is 2.40. The van der Waals surface area contributed by atoms with Crippen molar-refractivity contribution in [3.8, 4) is 33.6 Å². The highest BCUT2D eigenvalue weighted by atomic mass is 16.6. The molecular formula is C40H48N8O4. The lowest BCUT2D eigenvalue weighted by Gasteiger charge is -2.31. The average molecular weight is 705 g/mol. The van der Waals surface area contributed by atoms with E-state index >= 15 is 0 Å². The minimum atomic E-state index is -0.582. The molecule has 2 unspecified atom stereocenters. The van der Waals surface area contributed by atoms with Gasteiger partial charge < -0.3 is 19.4 Å². The van der Waals surface area contributed by atoms with E-state index in [1.807, 2.05) is 78.0 Å². The average Bonchev–Trinajstić information content (AvgIpc) is 3.89. The van der Waals surface area contributed by atoms with E-state index in [0.29, 0.717) is 0 Å². The number of imidazole rings is 2. The maximum Gasteiger partial charge on any atom is 0.425 e. The molecule has 2 aliphatic heterocycles. The zero-order valence-electron chi connectivity index (χ0n) is 31.2. The molecule has 7 rings (SSSR count). The Morgan fingerprint density at radius 1 is 0.615 bits per heavy atom. The molecule has 2 saturated heterocycles. The van der Waals surface area contributed by atoms with Crippen LogP contribution in [0.2, 0.25) is 0 Å². The number of amides is 2. The minimum Gasteiger partial charge on any atom is -0.443 e. The molecule has 12 nitrogen and oxygen atoms in total. The summed E-state index contributed by atoms with van der Waals surface area (Å²) in [6.45, 7) is 12.7.